The first-order valence-corrected chi connectivity index (χ1v) is 9.36. The molecule has 0 spiro atoms. The lowest BCUT2D eigenvalue weighted by Crippen LogP contribution is -2.20. The number of ether oxygens (including phenoxy) is 3. The Morgan fingerprint density at radius 2 is 1.69 bits per heavy atom. The summed E-state index contributed by atoms with van der Waals surface area (Å²) in [5.41, 5.74) is 11.3. The maximum Gasteiger partial charge on any atom is 0.400 e. The van der Waals surface area contributed by atoms with Crippen molar-refractivity contribution in [2.75, 3.05) is 13.7 Å². The second-order valence-corrected chi connectivity index (χ2v) is 6.37. The lowest BCUT2D eigenvalue weighted by molar-refractivity contribution is -0.119. The van der Waals surface area contributed by atoms with Crippen molar-refractivity contribution in [2.45, 2.75) is 6.61 Å². The molecule has 0 unspecified atom stereocenters. The average molecular weight is 439 g/mol. The molecule has 0 radical (unpaired) electrons. The van der Waals surface area contributed by atoms with Crippen molar-refractivity contribution >= 4 is 17.7 Å². The highest BCUT2D eigenvalue weighted by Crippen LogP contribution is 2.20. The molecule has 10 heteroatoms. The number of carbonyl (C=O) groups is 2. The standard InChI is InChI=1S/C22H21N3O7/c1-28-16-3-2-4-17(11-16)29-12-18-9-10-19(31-18)22(27)32-25-21(24)14-5-7-15(8-6-14)30-13-20(23)26/h2-11H,12-13H2,1H3,(H2,23,26)(H2,24,25). The molecule has 0 aliphatic carbocycles. The van der Waals surface area contributed by atoms with Crippen LogP contribution in [-0.2, 0) is 16.2 Å². The topological polar surface area (TPSA) is 149 Å². The zero-order valence-electron chi connectivity index (χ0n) is 17.1. The zero-order chi connectivity index (χ0) is 22.9. The van der Waals surface area contributed by atoms with Gasteiger partial charge >= 0.3 is 5.97 Å². The van der Waals surface area contributed by atoms with Crippen molar-refractivity contribution in [2.24, 2.45) is 16.6 Å². The van der Waals surface area contributed by atoms with Crippen LogP contribution in [0.3, 0.4) is 0 Å². The van der Waals surface area contributed by atoms with E-state index >= 15 is 0 Å². The van der Waals surface area contributed by atoms with Gasteiger partial charge in [0.15, 0.2) is 12.4 Å². The number of nitrogens with zero attached hydrogens (tertiary/aromatic N) is 1. The summed E-state index contributed by atoms with van der Waals surface area (Å²) in [6, 6.07) is 16.5. The second kappa shape index (κ2) is 10.5. The summed E-state index contributed by atoms with van der Waals surface area (Å²) in [5, 5.41) is 3.62. The molecule has 1 heterocycles. The predicted molar refractivity (Wildman–Crippen MR) is 113 cm³/mol. The van der Waals surface area contributed by atoms with E-state index in [0.29, 0.717) is 28.6 Å². The van der Waals surface area contributed by atoms with Crippen LogP contribution in [0.4, 0.5) is 0 Å². The first-order valence-electron chi connectivity index (χ1n) is 9.36. The van der Waals surface area contributed by atoms with E-state index in [1.165, 1.54) is 6.07 Å². The summed E-state index contributed by atoms with van der Waals surface area (Å²) in [6.45, 7) is -0.133. The van der Waals surface area contributed by atoms with Crippen LogP contribution in [-0.4, -0.2) is 31.4 Å². The van der Waals surface area contributed by atoms with Gasteiger partial charge in [0, 0.05) is 11.6 Å². The van der Waals surface area contributed by atoms with Gasteiger partial charge < -0.3 is 34.9 Å². The van der Waals surface area contributed by atoms with Gasteiger partial charge in [-0.25, -0.2) is 4.79 Å². The van der Waals surface area contributed by atoms with E-state index in [1.54, 1.807) is 61.7 Å². The van der Waals surface area contributed by atoms with Crippen molar-refractivity contribution in [3.63, 3.8) is 0 Å². The van der Waals surface area contributed by atoms with Gasteiger partial charge in [-0.1, -0.05) is 11.2 Å². The molecule has 0 fully saturated rings. The van der Waals surface area contributed by atoms with E-state index in [9.17, 15) is 9.59 Å². The number of oxime groups is 1. The molecule has 1 aromatic heterocycles. The average Bonchev–Trinajstić information content (AvgIpc) is 3.29. The molecule has 0 saturated carbocycles. The van der Waals surface area contributed by atoms with Crippen molar-refractivity contribution in [1.82, 2.24) is 0 Å². The van der Waals surface area contributed by atoms with Gasteiger partial charge in [0.2, 0.25) is 5.76 Å². The lowest BCUT2D eigenvalue weighted by atomic mass is 10.2. The minimum absolute atomic E-state index is 0.0343. The molecule has 4 N–H and O–H groups in total. The third kappa shape index (κ3) is 6.26. The normalized spacial score (nSPS) is 11.0. The first-order chi connectivity index (χ1) is 15.4. The van der Waals surface area contributed by atoms with Crippen LogP contribution in [0, 0.1) is 0 Å². The highest BCUT2D eigenvalue weighted by Gasteiger charge is 2.14. The number of nitrogens with two attached hydrogens (primary N) is 2. The van der Waals surface area contributed by atoms with E-state index in [4.69, 9.17) is 34.9 Å². The van der Waals surface area contributed by atoms with E-state index in [1.807, 2.05) is 0 Å². The minimum atomic E-state index is -0.818. The maximum atomic E-state index is 12.2. The maximum absolute atomic E-state index is 12.2. The number of carbonyl (C=O) groups excluding carboxylic acids is 2. The Morgan fingerprint density at radius 3 is 2.41 bits per heavy atom. The highest BCUT2D eigenvalue weighted by atomic mass is 16.7. The quantitative estimate of drug-likeness (QED) is 0.211. The van der Waals surface area contributed by atoms with Gasteiger partial charge in [-0.3, -0.25) is 4.79 Å². The van der Waals surface area contributed by atoms with Crippen LogP contribution in [0.25, 0.3) is 0 Å². The van der Waals surface area contributed by atoms with Crippen molar-refractivity contribution < 1.29 is 33.1 Å². The first kappa shape index (κ1) is 22.2. The number of furan rings is 1. The van der Waals surface area contributed by atoms with Crippen molar-refractivity contribution in [3.05, 3.63) is 77.7 Å². The molecule has 0 aliphatic heterocycles. The Hall–Kier alpha value is -4.47. The Morgan fingerprint density at radius 1 is 0.938 bits per heavy atom. The molecule has 0 saturated heterocycles. The van der Waals surface area contributed by atoms with Crippen LogP contribution < -0.4 is 25.7 Å². The van der Waals surface area contributed by atoms with Crippen LogP contribution in [0.1, 0.15) is 21.9 Å². The van der Waals surface area contributed by atoms with Gasteiger partial charge in [-0.15, -0.1) is 0 Å². The summed E-state index contributed by atoms with van der Waals surface area (Å²) in [7, 11) is 1.56. The number of amides is 1. The molecule has 3 rings (SSSR count). The van der Waals surface area contributed by atoms with Gasteiger partial charge in [0.1, 0.15) is 29.6 Å². The number of rotatable bonds is 10. The summed E-state index contributed by atoms with van der Waals surface area (Å²) in [4.78, 5) is 27.7. The summed E-state index contributed by atoms with van der Waals surface area (Å²) >= 11 is 0. The number of hydrogen-bond acceptors (Lipinski definition) is 8. The molecule has 32 heavy (non-hydrogen) atoms. The summed E-state index contributed by atoms with van der Waals surface area (Å²) in [5.74, 6) is 0.605. The molecule has 166 valence electrons. The van der Waals surface area contributed by atoms with Crippen LogP contribution in [0.15, 0.2) is 70.2 Å². The summed E-state index contributed by atoms with van der Waals surface area (Å²) < 4.78 is 21.3. The van der Waals surface area contributed by atoms with Crippen LogP contribution >= 0.6 is 0 Å². The van der Waals surface area contributed by atoms with Crippen LogP contribution in [0.5, 0.6) is 17.2 Å². The van der Waals surface area contributed by atoms with Gasteiger partial charge in [0.05, 0.1) is 7.11 Å². The SMILES string of the molecule is COc1cccc(OCc2ccc(C(=O)O/N=C(\N)c3ccc(OCC(N)=O)cc3)o2)c1. The number of benzene rings is 2. The van der Waals surface area contributed by atoms with Crippen LogP contribution in [0.2, 0.25) is 0 Å². The molecule has 0 aliphatic rings. The van der Waals surface area contributed by atoms with E-state index in [-0.39, 0.29) is 24.8 Å². The number of amidine groups is 1. The van der Waals surface area contributed by atoms with Gasteiger partial charge in [-0.2, -0.15) is 0 Å². The monoisotopic (exact) mass is 439 g/mol. The van der Waals surface area contributed by atoms with Gasteiger partial charge in [-0.05, 0) is 48.5 Å². The number of hydrogen-bond donors (Lipinski definition) is 2. The molecule has 3 aromatic rings. The largest absolute Gasteiger partial charge is 0.497 e. The molecule has 1 amide bonds. The number of primary amides is 1. The molecular weight excluding hydrogens is 418 g/mol. The second-order valence-electron chi connectivity index (χ2n) is 6.37. The molecule has 0 bridgehead atoms. The molecule has 10 nitrogen and oxygen atoms in total. The Kier molecular flexibility index (Phi) is 7.31. The van der Waals surface area contributed by atoms with E-state index in [2.05, 4.69) is 5.16 Å². The predicted octanol–water partition coefficient (Wildman–Crippen LogP) is 2.21. The van der Waals surface area contributed by atoms with Crippen molar-refractivity contribution in [3.8, 4) is 17.2 Å². The fraction of sp³-hybridized carbons (Fsp3) is 0.136. The van der Waals surface area contributed by atoms with Gasteiger partial charge in [0.25, 0.3) is 5.91 Å². The fourth-order valence-corrected chi connectivity index (χ4v) is 2.48. The van der Waals surface area contributed by atoms with E-state index in [0.717, 1.165) is 0 Å². The van der Waals surface area contributed by atoms with Crippen molar-refractivity contribution in [1.29, 1.82) is 0 Å². The fourth-order valence-electron chi connectivity index (χ4n) is 2.48. The Bertz CT molecular complexity index is 1110. The third-order valence-corrected chi connectivity index (χ3v) is 4.04. The Labute approximate surface area is 183 Å². The minimum Gasteiger partial charge on any atom is -0.497 e. The number of methoxy groups -OCH3 is 1. The third-order valence-electron chi connectivity index (χ3n) is 4.04. The summed E-state index contributed by atoms with van der Waals surface area (Å²) in [6.07, 6.45) is 0. The molecule has 0 atom stereocenters. The Balaban J connectivity index is 1.53. The zero-order valence-corrected chi connectivity index (χ0v) is 17.1. The smallest absolute Gasteiger partial charge is 0.400 e. The van der Waals surface area contributed by atoms with E-state index < -0.39 is 11.9 Å². The molecular formula is C22H21N3O7. The highest BCUT2D eigenvalue weighted by molar-refractivity contribution is 5.98. The molecule has 2 aromatic carbocycles. The lowest BCUT2D eigenvalue weighted by Gasteiger charge is -2.06.